The number of rotatable bonds is 5. The molecule has 0 aliphatic heterocycles. The van der Waals surface area contributed by atoms with Crippen molar-refractivity contribution >= 4 is 27.7 Å². The summed E-state index contributed by atoms with van der Waals surface area (Å²) in [5, 5.41) is 6.15. The van der Waals surface area contributed by atoms with Crippen molar-refractivity contribution in [2.24, 2.45) is 11.1 Å². The molecule has 1 heterocycles. The summed E-state index contributed by atoms with van der Waals surface area (Å²) in [4.78, 5) is 14.1. The summed E-state index contributed by atoms with van der Waals surface area (Å²) in [5.74, 6) is 1.64. The quantitative estimate of drug-likeness (QED) is 0.377. The summed E-state index contributed by atoms with van der Waals surface area (Å²) in [6, 6.07) is 18.1. The van der Waals surface area contributed by atoms with E-state index in [-0.39, 0.29) is 5.92 Å². The normalized spacial score (nSPS) is 11.9. The van der Waals surface area contributed by atoms with Crippen LogP contribution in [0.15, 0.2) is 66.1 Å². The van der Waals surface area contributed by atoms with E-state index >= 15 is 0 Å². The molecule has 0 unspecified atom stereocenters. The van der Waals surface area contributed by atoms with E-state index in [0.717, 1.165) is 21.7 Å². The van der Waals surface area contributed by atoms with Crippen LogP contribution in [0.4, 0.5) is 0 Å². The van der Waals surface area contributed by atoms with Gasteiger partial charge in [-0.2, -0.15) is 4.98 Å². The molecular weight excluding hydrogens is 318 g/mol. The molecule has 0 saturated heterocycles. The van der Waals surface area contributed by atoms with Gasteiger partial charge in [-0.3, -0.25) is 0 Å². The van der Waals surface area contributed by atoms with Crippen molar-refractivity contribution in [3.8, 4) is 5.88 Å². The molecule has 0 bridgehead atoms. The van der Waals surface area contributed by atoms with Gasteiger partial charge in [0.1, 0.15) is 11.4 Å². The highest BCUT2D eigenvalue weighted by Crippen LogP contribution is 2.23. The second kappa shape index (κ2) is 7.93. The summed E-state index contributed by atoms with van der Waals surface area (Å²) in [7, 11) is 0. The van der Waals surface area contributed by atoms with Gasteiger partial charge in [-0.05, 0) is 17.7 Å². The van der Waals surface area contributed by atoms with Crippen molar-refractivity contribution in [2.75, 3.05) is 0 Å². The fourth-order valence-electron chi connectivity index (χ4n) is 2.17. The van der Waals surface area contributed by atoms with Gasteiger partial charge in [0.05, 0.1) is 10.9 Å². The molecule has 3 rings (SSSR count). The van der Waals surface area contributed by atoms with Crippen LogP contribution in [0.2, 0.25) is 0 Å². The van der Waals surface area contributed by atoms with Crippen LogP contribution in [-0.2, 0) is 5.75 Å². The molecule has 3 aromatic rings. The summed E-state index contributed by atoms with van der Waals surface area (Å²) in [5.41, 5.74) is 2.11. The van der Waals surface area contributed by atoms with Crippen LogP contribution < -0.4 is 4.84 Å². The molecule has 24 heavy (non-hydrogen) atoms. The molecule has 4 nitrogen and oxygen atoms in total. The minimum atomic E-state index is 0.284. The first-order chi connectivity index (χ1) is 11.7. The van der Waals surface area contributed by atoms with Crippen molar-refractivity contribution in [1.82, 2.24) is 9.97 Å². The van der Waals surface area contributed by atoms with E-state index in [1.165, 1.54) is 11.9 Å². The molecule has 122 valence electrons. The highest BCUT2D eigenvalue weighted by Gasteiger charge is 2.10. The lowest BCUT2D eigenvalue weighted by atomic mass is 10.2. The lowest BCUT2D eigenvalue weighted by Gasteiger charge is -2.09. The first kappa shape index (κ1) is 16.5. The molecule has 0 aliphatic carbocycles. The molecule has 2 aromatic carbocycles. The second-order valence-corrected chi connectivity index (χ2v) is 6.64. The molecule has 1 aromatic heterocycles. The van der Waals surface area contributed by atoms with Crippen molar-refractivity contribution in [3.63, 3.8) is 0 Å². The van der Waals surface area contributed by atoms with Crippen molar-refractivity contribution < 1.29 is 4.84 Å². The average Bonchev–Trinajstić information content (AvgIpc) is 2.62. The Kier molecular flexibility index (Phi) is 5.43. The van der Waals surface area contributed by atoms with E-state index < -0.39 is 0 Å². The van der Waals surface area contributed by atoms with Crippen LogP contribution in [0.3, 0.4) is 0 Å². The van der Waals surface area contributed by atoms with E-state index in [9.17, 15) is 0 Å². The highest BCUT2D eigenvalue weighted by atomic mass is 32.2. The number of para-hydroxylation sites is 1. The topological polar surface area (TPSA) is 47.4 Å². The van der Waals surface area contributed by atoms with Crippen molar-refractivity contribution in [2.45, 2.75) is 19.6 Å². The predicted octanol–water partition coefficient (Wildman–Crippen LogP) is 4.91. The smallest absolute Gasteiger partial charge is 0.259 e. The van der Waals surface area contributed by atoms with Gasteiger partial charge >= 0.3 is 0 Å². The molecule has 0 amide bonds. The lowest BCUT2D eigenvalue weighted by molar-refractivity contribution is 0.330. The summed E-state index contributed by atoms with van der Waals surface area (Å²) in [6.45, 7) is 4.22. The standard InChI is InChI=1S/C19H19N3OS/c1-14(2)19(24-12-15-8-4-3-5-9-15)22-23-18-16-10-6-7-11-17(16)20-13-21-18/h3-11,13-14H,12H2,1-2H3. The fourth-order valence-corrected chi connectivity index (χ4v) is 3.10. The fraction of sp³-hybridized carbons (Fsp3) is 0.211. The third kappa shape index (κ3) is 4.11. The lowest BCUT2D eigenvalue weighted by Crippen LogP contribution is -2.06. The maximum atomic E-state index is 5.65. The van der Waals surface area contributed by atoms with Gasteiger partial charge in [0.15, 0.2) is 0 Å². The summed E-state index contributed by atoms with van der Waals surface area (Å²) in [6.07, 6.45) is 1.50. The van der Waals surface area contributed by atoms with E-state index in [1.807, 2.05) is 42.5 Å². The Morgan fingerprint density at radius 1 is 1.04 bits per heavy atom. The Morgan fingerprint density at radius 2 is 1.79 bits per heavy atom. The van der Waals surface area contributed by atoms with Crippen LogP contribution in [0.1, 0.15) is 19.4 Å². The zero-order chi connectivity index (χ0) is 16.8. The number of hydrogen-bond donors (Lipinski definition) is 0. The number of benzene rings is 2. The average molecular weight is 337 g/mol. The van der Waals surface area contributed by atoms with E-state index in [2.05, 4.69) is 41.1 Å². The monoisotopic (exact) mass is 337 g/mol. The van der Waals surface area contributed by atoms with Crippen LogP contribution in [0, 0.1) is 5.92 Å². The van der Waals surface area contributed by atoms with Gasteiger partial charge in [0, 0.05) is 11.7 Å². The van der Waals surface area contributed by atoms with Crippen molar-refractivity contribution in [1.29, 1.82) is 0 Å². The van der Waals surface area contributed by atoms with Crippen LogP contribution in [0.25, 0.3) is 10.9 Å². The van der Waals surface area contributed by atoms with Gasteiger partial charge in [-0.15, -0.1) is 11.8 Å². The zero-order valence-electron chi connectivity index (χ0n) is 13.7. The number of aromatic nitrogens is 2. The molecule has 0 aliphatic rings. The maximum absolute atomic E-state index is 5.65. The Morgan fingerprint density at radius 3 is 2.58 bits per heavy atom. The third-order valence-corrected chi connectivity index (χ3v) is 4.77. The largest absolute Gasteiger partial charge is 0.335 e. The van der Waals surface area contributed by atoms with Gasteiger partial charge in [-0.1, -0.05) is 61.5 Å². The molecule has 0 spiro atoms. The predicted molar refractivity (Wildman–Crippen MR) is 100 cm³/mol. The molecule has 0 radical (unpaired) electrons. The number of oxime groups is 1. The number of nitrogens with zero attached hydrogens (tertiary/aromatic N) is 3. The van der Waals surface area contributed by atoms with Gasteiger partial charge in [0.25, 0.3) is 5.88 Å². The number of fused-ring (bicyclic) bond motifs is 1. The summed E-state index contributed by atoms with van der Waals surface area (Å²) < 4.78 is 0. The minimum Gasteiger partial charge on any atom is -0.335 e. The van der Waals surface area contributed by atoms with Gasteiger partial charge < -0.3 is 4.84 Å². The van der Waals surface area contributed by atoms with Crippen LogP contribution in [-0.4, -0.2) is 15.0 Å². The zero-order valence-corrected chi connectivity index (χ0v) is 14.5. The van der Waals surface area contributed by atoms with E-state index in [1.54, 1.807) is 11.8 Å². The molecule has 0 saturated carbocycles. The second-order valence-electron chi connectivity index (χ2n) is 5.65. The van der Waals surface area contributed by atoms with Crippen molar-refractivity contribution in [3.05, 3.63) is 66.5 Å². The molecular formula is C19H19N3OS. The Hall–Kier alpha value is -2.40. The van der Waals surface area contributed by atoms with E-state index in [0.29, 0.717) is 5.88 Å². The maximum Gasteiger partial charge on any atom is 0.259 e. The molecule has 0 fully saturated rings. The molecule has 0 N–H and O–H groups in total. The SMILES string of the molecule is CC(C)C(=NOc1ncnc2ccccc12)SCc1ccccc1. The number of thioether (sulfide) groups is 1. The van der Waals surface area contributed by atoms with Gasteiger partial charge in [-0.25, -0.2) is 4.98 Å². The third-order valence-electron chi connectivity index (χ3n) is 3.45. The van der Waals surface area contributed by atoms with Crippen LogP contribution in [0.5, 0.6) is 5.88 Å². The van der Waals surface area contributed by atoms with Crippen LogP contribution >= 0.6 is 11.8 Å². The van der Waals surface area contributed by atoms with Gasteiger partial charge in [0.2, 0.25) is 0 Å². The highest BCUT2D eigenvalue weighted by molar-refractivity contribution is 8.13. The Bertz CT molecular complexity index is 829. The van der Waals surface area contributed by atoms with E-state index in [4.69, 9.17) is 4.84 Å². The first-order valence-corrected chi connectivity index (χ1v) is 8.84. The molecule has 0 atom stereocenters. The Balaban J connectivity index is 1.76. The summed E-state index contributed by atoms with van der Waals surface area (Å²) >= 11 is 1.69. The Labute approximate surface area is 146 Å². The molecule has 5 heteroatoms. The first-order valence-electron chi connectivity index (χ1n) is 7.85. The minimum absolute atomic E-state index is 0.284. The number of hydrogen-bond acceptors (Lipinski definition) is 5.